The Morgan fingerprint density at radius 3 is 2.74 bits per heavy atom. The van der Waals surface area contributed by atoms with Crippen molar-refractivity contribution in [3.05, 3.63) is 24.0 Å². The number of aromatic nitrogens is 1. The van der Waals surface area contributed by atoms with Crippen molar-refractivity contribution < 1.29 is 9.53 Å². The number of carbonyl (C=O) groups is 1. The van der Waals surface area contributed by atoms with E-state index >= 15 is 0 Å². The van der Waals surface area contributed by atoms with Gasteiger partial charge in [0.1, 0.15) is 11.9 Å². The number of fused-ring (bicyclic) bond motifs is 2. The van der Waals surface area contributed by atoms with Crippen molar-refractivity contribution in [2.45, 2.75) is 46.1 Å². The van der Waals surface area contributed by atoms with Crippen LogP contribution in [-0.2, 0) is 0 Å². The molecule has 0 spiro atoms. The van der Waals surface area contributed by atoms with Gasteiger partial charge in [-0.3, -0.25) is 9.78 Å². The normalized spacial score (nSPS) is 35.3. The van der Waals surface area contributed by atoms with E-state index in [2.05, 4.69) is 25.8 Å². The molecule has 3 unspecified atom stereocenters. The molecule has 2 fully saturated rings. The molecule has 3 atom stereocenters. The summed E-state index contributed by atoms with van der Waals surface area (Å²) >= 11 is 0. The molecule has 0 aliphatic heterocycles. The fourth-order valence-corrected chi connectivity index (χ4v) is 4.04. The van der Waals surface area contributed by atoms with Gasteiger partial charge in [0.25, 0.3) is 0 Å². The third kappa shape index (κ3) is 1.71. The molecule has 2 aliphatic rings. The molecule has 0 N–H and O–H groups in total. The Morgan fingerprint density at radius 1 is 1.37 bits per heavy atom. The molecule has 0 radical (unpaired) electrons. The number of aldehydes is 1. The van der Waals surface area contributed by atoms with Gasteiger partial charge in [-0.25, -0.2) is 0 Å². The van der Waals surface area contributed by atoms with E-state index < -0.39 is 0 Å². The number of carbonyl (C=O) groups excluding carboxylic acids is 1. The summed E-state index contributed by atoms with van der Waals surface area (Å²) in [5.74, 6) is 1.48. The quantitative estimate of drug-likeness (QED) is 0.780. The highest BCUT2D eigenvalue weighted by Gasteiger charge is 2.62. The minimum Gasteiger partial charge on any atom is -0.488 e. The van der Waals surface area contributed by atoms with E-state index in [4.69, 9.17) is 4.74 Å². The first-order valence-corrected chi connectivity index (χ1v) is 7.04. The van der Waals surface area contributed by atoms with Gasteiger partial charge in [0.05, 0.1) is 6.20 Å². The van der Waals surface area contributed by atoms with Crippen LogP contribution in [0.3, 0.4) is 0 Å². The topological polar surface area (TPSA) is 39.2 Å². The van der Waals surface area contributed by atoms with E-state index in [9.17, 15) is 4.79 Å². The van der Waals surface area contributed by atoms with Crippen LogP contribution in [0.15, 0.2) is 18.5 Å². The average Bonchev–Trinajstić information content (AvgIpc) is 2.72. The number of nitrogens with zero attached hydrogens (tertiary/aromatic N) is 1. The maximum Gasteiger partial charge on any atom is 0.151 e. The fraction of sp³-hybridized carbons (Fsp3) is 0.625. The minimum absolute atomic E-state index is 0.231. The Balaban J connectivity index is 1.83. The van der Waals surface area contributed by atoms with E-state index in [1.54, 1.807) is 18.5 Å². The van der Waals surface area contributed by atoms with Crippen molar-refractivity contribution in [2.24, 2.45) is 16.7 Å². The molecule has 3 heteroatoms. The summed E-state index contributed by atoms with van der Waals surface area (Å²) < 4.78 is 6.17. The lowest BCUT2D eigenvalue weighted by atomic mass is 9.70. The molecule has 2 bridgehead atoms. The zero-order chi connectivity index (χ0) is 13.7. The van der Waals surface area contributed by atoms with Crippen molar-refractivity contribution in [1.82, 2.24) is 4.98 Å². The molecule has 0 amide bonds. The van der Waals surface area contributed by atoms with Crippen LogP contribution >= 0.6 is 0 Å². The second kappa shape index (κ2) is 4.06. The first-order chi connectivity index (χ1) is 8.97. The Labute approximate surface area is 114 Å². The Morgan fingerprint density at radius 2 is 2.16 bits per heavy atom. The summed E-state index contributed by atoms with van der Waals surface area (Å²) in [6.07, 6.45) is 7.99. The monoisotopic (exact) mass is 259 g/mol. The van der Waals surface area contributed by atoms with E-state index in [1.165, 1.54) is 12.8 Å². The van der Waals surface area contributed by atoms with Crippen molar-refractivity contribution in [2.75, 3.05) is 0 Å². The summed E-state index contributed by atoms with van der Waals surface area (Å²) in [5.41, 5.74) is 1.15. The fourth-order valence-electron chi connectivity index (χ4n) is 4.04. The highest BCUT2D eigenvalue weighted by Crippen LogP contribution is 2.66. The van der Waals surface area contributed by atoms with Crippen LogP contribution < -0.4 is 4.74 Å². The van der Waals surface area contributed by atoms with Crippen LogP contribution in [-0.4, -0.2) is 17.4 Å². The highest BCUT2D eigenvalue weighted by atomic mass is 16.5. The molecular weight excluding hydrogens is 238 g/mol. The van der Waals surface area contributed by atoms with Crippen LogP contribution in [0, 0.1) is 16.7 Å². The summed E-state index contributed by atoms with van der Waals surface area (Å²) in [6.45, 7) is 7.09. The smallest absolute Gasteiger partial charge is 0.151 e. The van der Waals surface area contributed by atoms with Crippen LogP contribution in [0.5, 0.6) is 5.75 Å². The molecule has 102 valence electrons. The van der Waals surface area contributed by atoms with Crippen LogP contribution in [0.25, 0.3) is 0 Å². The summed E-state index contributed by atoms with van der Waals surface area (Å²) in [6, 6.07) is 1.78. The number of hydrogen-bond donors (Lipinski definition) is 0. The molecule has 3 rings (SSSR count). The Kier molecular flexibility index (Phi) is 2.70. The zero-order valence-electron chi connectivity index (χ0n) is 11.8. The van der Waals surface area contributed by atoms with Gasteiger partial charge in [0.15, 0.2) is 6.29 Å². The van der Waals surface area contributed by atoms with Gasteiger partial charge in [0, 0.05) is 17.2 Å². The largest absolute Gasteiger partial charge is 0.488 e. The predicted octanol–water partition coefficient (Wildman–Crippen LogP) is 3.49. The maximum absolute atomic E-state index is 10.8. The van der Waals surface area contributed by atoms with Crippen molar-refractivity contribution >= 4 is 6.29 Å². The predicted molar refractivity (Wildman–Crippen MR) is 73.3 cm³/mol. The third-order valence-corrected chi connectivity index (χ3v) is 5.86. The Bertz CT molecular complexity index is 511. The molecule has 19 heavy (non-hydrogen) atoms. The van der Waals surface area contributed by atoms with Gasteiger partial charge in [-0.15, -0.1) is 0 Å². The van der Waals surface area contributed by atoms with E-state index in [-0.39, 0.29) is 11.5 Å². The van der Waals surface area contributed by atoms with Crippen molar-refractivity contribution in [3.63, 3.8) is 0 Å². The van der Waals surface area contributed by atoms with Gasteiger partial charge in [-0.2, -0.15) is 0 Å². The molecule has 0 saturated heterocycles. The third-order valence-electron chi connectivity index (χ3n) is 5.86. The van der Waals surface area contributed by atoms with E-state index in [0.29, 0.717) is 11.0 Å². The molecular formula is C16H21NO2. The second-order valence-electron chi connectivity index (χ2n) is 6.79. The standard InChI is InChI=1S/C16H21NO2/c1-15(2)12-4-5-16(15,3)14(7-12)19-13-6-11(10-18)8-17-9-13/h6,8-10,12,14H,4-5,7H2,1-3H3. The van der Waals surface area contributed by atoms with E-state index in [1.807, 2.05) is 0 Å². The molecule has 1 aromatic heterocycles. The van der Waals surface area contributed by atoms with Crippen molar-refractivity contribution in [3.8, 4) is 5.75 Å². The van der Waals surface area contributed by atoms with Crippen LogP contribution in [0.2, 0.25) is 0 Å². The molecule has 0 aromatic carbocycles. The zero-order valence-corrected chi connectivity index (χ0v) is 11.8. The van der Waals surface area contributed by atoms with Gasteiger partial charge >= 0.3 is 0 Å². The molecule has 3 nitrogen and oxygen atoms in total. The lowest BCUT2D eigenvalue weighted by molar-refractivity contribution is 0.0299. The van der Waals surface area contributed by atoms with Gasteiger partial charge in [-0.05, 0) is 36.7 Å². The summed E-state index contributed by atoms with van der Waals surface area (Å²) in [5, 5.41) is 0. The van der Waals surface area contributed by atoms with Crippen molar-refractivity contribution in [1.29, 1.82) is 0 Å². The Hall–Kier alpha value is -1.38. The number of pyridine rings is 1. The van der Waals surface area contributed by atoms with Gasteiger partial charge in [0.2, 0.25) is 0 Å². The first-order valence-electron chi connectivity index (χ1n) is 7.04. The highest BCUT2D eigenvalue weighted by molar-refractivity contribution is 5.74. The summed E-state index contributed by atoms with van der Waals surface area (Å²) in [7, 11) is 0. The average molecular weight is 259 g/mol. The maximum atomic E-state index is 10.8. The summed E-state index contributed by atoms with van der Waals surface area (Å²) in [4.78, 5) is 14.9. The lowest BCUT2D eigenvalue weighted by Crippen LogP contribution is -2.38. The number of ether oxygens (including phenoxy) is 1. The van der Waals surface area contributed by atoms with Gasteiger partial charge < -0.3 is 4.74 Å². The van der Waals surface area contributed by atoms with Crippen LogP contribution in [0.4, 0.5) is 0 Å². The van der Waals surface area contributed by atoms with Crippen LogP contribution in [0.1, 0.15) is 50.4 Å². The van der Waals surface area contributed by atoms with E-state index in [0.717, 1.165) is 24.4 Å². The molecule has 1 heterocycles. The SMILES string of the molecule is CC1(C)C2CCC1(C)C(Oc1cncc(C=O)c1)C2. The second-order valence-corrected chi connectivity index (χ2v) is 6.79. The number of rotatable bonds is 3. The lowest BCUT2D eigenvalue weighted by Gasteiger charge is -2.38. The van der Waals surface area contributed by atoms with Gasteiger partial charge in [-0.1, -0.05) is 20.8 Å². The molecule has 2 aliphatic carbocycles. The number of hydrogen-bond acceptors (Lipinski definition) is 3. The molecule has 2 saturated carbocycles. The first kappa shape index (κ1) is 12.6. The minimum atomic E-state index is 0.231. The molecule has 1 aromatic rings.